The van der Waals surface area contributed by atoms with Gasteiger partial charge in [0.1, 0.15) is 5.82 Å². The molecule has 1 fully saturated rings. The number of aliphatic hydroxyl groups is 1. The zero-order valence-electron chi connectivity index (χ0n) is 9.24. The van der Waals surface area contributed by atoms with Crippen LogP contribution in [0.4, 0.5) is 4.39 Å². The maximum absolute atomic E-state index is 13.1. The number of ether oxygens (including phenoxy) is 1. The molecule has 0 amide bonds. The van der Waals surface area contributed by atoms with E-state index in [1.807, 2.05) is 0 Å². The average Bonchev–Trinajstić information content (AvgIpc) is 2.21. The second-order valence-electron chi connectivity index (χ2n) is 4.50. The van der Waals surface area contributed by atoms with E-state index in [1.54, 1.807) is 19.1 Å². The summed E-state index contributed by atoms with van der Waals surface area (Å²) in [6.07, 6.45) is 0. The van der Waals surface area contributed by atoms with Crippen molar-refractivity contribution in [3.63, 3.8) is 0 Å². The maximum atomic E-state index is 13.1. The fraction of sp³-hybridized carbons (Fsp3) is 0.500. The van der Waals surface area contributed by atoms with Gasteiger partial charge in [-0.3, -0.25) is 0 Å². The van der Waals surface area contributed by atoms with Crippen molar-refractivity contribution in [3.05, 3.63) is 35.1 Å². The number of aliphatic hydroxyl groups excluding tert-OH is 1. The van der Waals surface area contributed by atoms with Crippen LogP contribution in [0.2, 0.25) is 0 Å². The molecule has 1 aliphatic rings. The van der Waals surface area contributed by atoms with Gasteiger partial charge in [-0.2, -0.15) is 0 Å². The van der Waals surface area contributed by atoms with Crippen LogP contribution in [0.1, 0.15) is 17.2 Å². The Morgan fingerprint density at radius 1 is 1.56 bits per heavy atom. The van der Waals surface area contributed by atoms with Gasteiger partial charge in [-0.1, -0.05) is 12.1 Å². The SMILES string of the molecule is Cc1cc(C(N)C2(CO)COC2)ccc1F. The smallest absolute Gasteiger partial charge is 0.126 e. The van der Waals surface area contributed by atoms with E-state index in [-0.39, 0.29) is 18.5 Å². The molecule has 0 radical (unpaired) electrons. The monoisotopic (exact) mass is 225 g/mol. The molecule has 3 nitrogen and oxygen atoms in total. The fourth-order valence-electron chi connectivity index (χ4n) is 1.95. The molecule has 0 saturated carbocycles. The third kappa shape index (κ3) is 1.73. The average molecular weight is 225 g/mol. The van der Waals surface area contributed by atoms with Crippen LogP contribution in [0.3, 0.4) is 0 Å². The summed E-state index contributed by atoms with van der Waals surface area (Å²) in [7, 11) is 0. The van der Waals surface area contributed by atoms with Gasteiger partial charge in [-0.25, -0.2) is 4.39 Å². The van der Waals surface area contributed by atoms with Crippen LogP contribution in [0.25, 0.3) is 0 Å². The zero-order chi connectivity index (χ0) is 11.8. The van der Waals surface area contributed by atoms with E-state index in [0.29, 0.717) is 18.8 Å². The fourth-order valence-corrected chi connectivity index (χ4v) is 1.95. The molecule has 1 heterocycles. The van der Waals surface area contributed by atoms with Crippen molar-refractivity contribution in [1.82, 2.24) is 0 Å². The van der Waals surface area contributed by atoms with Crippen molar-refractivity contribution < 1.29 is 14.2 Å². The van der Waals surface area contributed by atoms with Gasteiger partial charge in [0.05, 0.1) is 25.2 Å². The molecular formula is C12H16FNO2. The predicted molar refractivity (Wildman–Crippen MR) is 58.4 cm³/mol. The lowest BCUT2D eigenvalue weighted by atomic mass is 9.76. The first-order valence-corrected chi connectivity index (χ1v) is 5.29. The second kappa shape index (κ2) is 4.13. The van der Waals surface area contributed by atoms with E-state index in [4.69, 9.17) is 10.5 Å². The molecule has 1 unspecified atom stereocenters. The summed E-state index contributed by atoms with van der Waals surface area (Å²) < 4.78 is 18.2. The molecule has 1 atom stereocenters. The third-order valence-electron chi connectivity index (χ3n) is 3.29. The number of hydrogen-bond acceptors (Lipinski definition) is 3. The molecule has 3 N–H and O–H groups in total. The van der Waals surface area contributed by atoms with Gasteiger partial charge < -0.3 is 15.6 Å². The molecule has 1 aliphatic heterocycles. The number of halogens is 1. The quantitative estimate of drug-likeness (QED) is 0.811. The largest absolute Gasteiger partial charge is 0.396 e. The van der Waals surface area contributed by atoms with Crippen molar-refractivity contribution in [2.75, 3.05) is 19.8 Å². The van der Waals surface area contributed by atoms with E-state index >= 15 is 0 Å². The van der Waals surface area contributed by atoms with Gasteiger partial charge in [0.15, 0.2) is 0 Å². The molecule has 0 aromatic heterocycles. The minimum absolute atomic E-state index is 0.00933. The van der Waals surface area contributed by atoms with Gasteiger partial charge in [0, 0.05) is 6.04 Å². The first kappa shape index (κ1) is 11.5. The topological polar surface area (TPSA) is 55.5 Å². The Morgan fingerprint density at radius 2 is 2.25 bits per heavy atom. The van der Waals surface area contributed by atoms with Gasteiger partial charge in [0.2, 0.25) is 0 Å². The van der Waals surface area contributed by atoms with Crippen LogP contribution in [-0.2, 0) is 4.74 Å². The Morgan fingerprint density at radius 3 is 2.69 bits per heavy atom. The highest BCUT2D eigenvalue weighted by molar-refractivity contribution is 5.28. The minimum Gasteiger partial charge on any atom is -0.396 e. The summed E-state index contributed by atoms with van der Waals surface area (Å²) in [6, 6.07) is 4.50. The van der Waals surface area contributed by atoms with Crippen molar-refractivity contribution >= 4 is 0 Å². The third-order valence-corrected chi connectivity index (χ3v) is 3.29. The Hall–Kier alpha value is -0.970. The molecule has 2 rings (SSSR count). The molecule has 0 spiro atoms. The molecule has 1 aromatic rings. The normalized spacial score (nSPS) is 20.2. The van der Waals surface area contributed by atoms with Crippen molar-refractivity contribution in [2.24, 2.45) is 11.1 Å². The standard InChI is InChI=1S/C12H16FNO2/c1-8-4-9(2-3-10(8)13)11(14)12(5-15)6-16-7-12/h2-4,11,15H,5-7,14H2,1H3. The lowest BCUT2D eigenvalue weighted by Gasteiger charge is -2.44. The van der Waals surface area contributed by atoms with Gasteiger partial charge in [-0.05, 0) is 24.1 Å². The number of nitrogens with two attached hydrogens (primary N) is 1. The van der Waals surface area contributed by atoms with Gasteiger partial charge in [0.25, 0.3) is 0 Å². The first-order chi connectivity index (χ1) is 7.59. The summed E-state index contributed by atoms with van der Waals surface area (Å²) in [4.78, 5) is 0. The molecular weight excluding hydrogens is 209 g/mol. The summed E-state index contributed by atoms with van der Waals surface area (Å²) in [5.74, 6) is -0.237. The lowest BCUT2D eigenvalue weighted by molar-refractivity contribution is -0.150. The molecule has 16 heavy (non-hydrogen) atoms. The number of aryl methyl sites for hydroxylation is 1. The summed E-state index contributed by atoms with van der Waals surface area (Å²) in [5, 5.41) is 9.36. The summed E-state index contributed by atoms with van der Waals surface area (Å²) in [6.45, 7) is 2.61. The van der Waals surface area contributed by atoms with Crippen molar-refractivity contribution in [1.29, 1.82) is 0 Å². The molecule has 1 aromatic carbocycles. The number of rotatable bonds is 3. The number of hydrogen-bond donors (Lipinski definition) is 2. The van der Waals surface area contributed by atoms with Gasteiger partial charge in [-0.15, -0.1) is 0 Å². The van der Waals surface area contributed by atoms with Crippen LogP contribution in [0.15, 0.2) is 18.2 Å². The molecule has 0 aliphatic carbocycles. The highest BCUT2D eigenvalue weighted by atomic mass is 19.1. The predicted octanol–water partition coefficient (Wildman–Crippen LogP) is 1.14. The highest BCUT2D eigenvalue weighted by Crippen LogP contribution is 2.38. The van der Waals surface area contributed by atoms with Crippen LogP contribution in [0.5, 0.6) is 0 Å². The lowest BCUT2D eigenvalue weighted by Crippen LogP contribution is -2.52. The molecule has 88 valence electrons. The molecule has 0 bridgehead atoms. The van der Waals surface area contributed by atoms with Crippen LogP contribution >= 0.6 is 0 Å². The molecule has 4 heteroatoms. The Kier molecular flexibility index (Phi) is 2.97. The van der Waals surface area contributed by atoms with Crippen molar-refractivity contribution in [3.8, 4) is 0 Å². The Labute approximate surface area is 94.0 Å². The first-order valence-electron chi connectivity index (χ1n) is 5.29. The van der Waals surface area contributed by atoms with Crippen molar-refractivity contribution in [2.45, 2.75) is 13.0 Å². The van der Waals surface area contributed by atoms with Crippen LogP contribution in [0, 0.1) is 18.2 Å². The van der Waals surface area contributed by atoms with E-state index in [9.17, 15) is 9.50 Å². The van der Waals surface area contributed by atoms with Crippen LogP contribution in [-0.4, -0.2) is 24.9 Å². The van der Waals surface area contributed by atoms with E-state index in [1.165, 1.54) is 6.07 Å². The van der Waals surface area contributed by atoms with E-state index < -0.39 is 5.41 Å². The minimum atomic E-state index is -0.399. The van der Waals surface area contributed by atoms with Crippen LogP contribution < -0.4 is 5.73 Å². The maximum Gasteiger partial charge on any atom is 0.126 e. The second-order valence-corrected chi connectivity index (χ2v) is 4.50. The molecule has 1 saturated heterocycles. The van der Waals surface area contributed by atoms with E-state index in [2.05, 4.69) is 0 Å². The Bertz CT molecular complexity index is 385. The number of benzene rings is 1. The van der Waals surface area contributed by atoms with E-state index in [0.717, 1.165) is 5.56 Å². The summed E-state index contributed by atoms with van der Waals surface area (Å²) >= 11 is 0. The van der Waals surface area contributed by atoms with Gasteiger partial charge >= 0.3 is 0 Å². The Balaban J connectivity index is 2.26. The zero-order valence-corrected chi connectivity index (χ0v) is 9.24. The highest BCUT2D eigenvalue weighted by Gasteiger charge is 2.44. The summed E-state index contributed by atoms with van der Waals surface area (Å²) in [5.41, 5.74) is 7.12.